The first-order valence-electron chi connectivity index (χ1n) is 6.71. The Morgan fingerprint density at radius 3 is 2.67 bits per heavy atom. The van der Waals surface area contributed by atoms with Crippen molar-refractivity contribution in [2.24, 2.45) is 5.73 Å². The monoisotopic (exact) mass is 246 g/mol. The van der Waals surface area contributed by atoms with Gasteiger partial charge in [0.25, 0.3) is 5.91 Å². The van der Waals surface area contributed by atoms with Gasteiger partial charge in [0.1, 0.15) is 0 Å². The van der Waals surface area contributed by atoms with E-state index in [9.17, 15) is 4.79 Å². The number of rotatable bonds is 5. The Morgan fingerprint density at radius 1 is 1.39 bits per heavy atom. The Morgan fingerprint density at radius 2 is 2.11 bits per heavy atom. The van der Waals surface area contributed by atoms with Gasteiger partial charge in [-0.2, -0.15) is 0 Å². The Kier molecular flexibility index (Phi) is 4.02. The molecule has 0 unspecified atom stereocenters. The number of hydrogen-bond donors (Lipinski definition) is 1. The van der Waals surface area contributed by atoms with E-state index in [1.165, 1.54) is 5.56 Å². The minimum absolute atomic E-state index is 0.170. The average molecular weight is 246 g/mol. The molecule has 1 aliphatic rings. The molecule has 2 rings (SSSR count). The average Bonchev–Trinajstić information content (AvgIpc) is 3.13. The molecule has 0 heterocycles. The van der Waals surface area contributed by atoms with Crippen LogP contribution < -0.4 is 5.73 Å². The molecular weight excluding hydrogens is 224 g/mol. The molecule has 0 saturated heterocycles. The van der Waals surface area contributed by atoms with Gasteiger partial charge in [-0.15, -0.1) is 0 Å². The molecule has 0 atom stereocenters. The Balaban J connectivity index is 2.16. The summed E-state index contributed by atoms with van der Waals surface area (Å²) in [6, 6.07) is 6.48. The molecule has 0 bridgehead atoms. The zero-order valence-electron chi connectivity index (χ0n) is 11.3. The lowest BCUT2D eigenvalue weighted by Crippen LogP contribution is -2.35. The van der Waals surface area contributed by atoms with Crippen LogP contribution in [0.4, 0.5) is 0 Å². The number of amides is 1. The Labute approximate surface area is 109 Å². The van der Waals surface area contributed by atoms with Crippen molar-refractivity contribution < 1.29 is 4.79 Å². The van der Waals surface area contributed by atoms with Crippen LogP contribution in [0.3, 0.4) is 0 Å². The molecular formula is C15H22N2O. The van der Waals surface area contributed by atoms with E-state index >= 15 is 0 Å². The van der Waals surface area contributed by atoms with Crippen LogP contribution in [0, 0.1) is 13.8 Å². The molecule has 1 aliphatic carbocycles. The van der Waals surface area contributed by atoms with Crippen LogP contribution in [0.15, 0.2) is 18.2 Å². The summed E-state index contributed by atoms with van der Waals surface area (Å²) in [5.74, 6) is 0.170. The number of carbonyl (C=O) groups excluding carboxylic acids is 1. The van der Waals surface area contributed by atoms with Crippen LogP contribution in [0.5, 0.6) is 0 Å². The van der Waals surface area contributed by atoms with Gasteiger partial charge in [0, 0.05) is 18.2 Å². The van der Waals surface area contributed by atoms with E-state index in [0.29, 0.717) is 12.6 Å². The summed E-state index contributed by atoms with van der Waals surface area (Å²) in [4.78, 5) is 14.6. The van der Waals surface area contributed by atoms with E-state index in [1.807, 2.05) is 30.9 Å². The summed E-state index contributed by atoms with van der Waals surface area (Å²) in [5.41, 5.74) is 8.65. The molecule has 1 aromatic carbocycles. The summed E-state index contributed by atoms with van der Waals surface area (Å²) in [6.45, 7) is 5.49. The second-order valence-corrected chi connectivity index (χ2v) is 5.19. The maximum atomic E-state index is 12.5. The second kappa shape index (κ2) is 5.53. The largest absolute Gasteiger partial charge is 0.336 e. The van der Waals surface area contributed by atoms with Crippen molar-refractivity contribution in [1.29, 1.82) is 0 Å². The number of carbonyl (C=O) groups is 1. The molecule has 0 spiro atoms. The standard InChI is InChI=1S/C15H22N2O/c1-11-4-7-14(12(2)10-11)15(18)17(9-3-8-16)13-5-6-13/h4,7,10,13H,3,5-6,8-9,16H2,1-2H3. The number of benzene rings is 1. The first-order valence-corrected chi connectivity index (χ1v) is 6.71. The van der Waals surface area contributed by atoms with Gasteiger partial charge in [-0.1, -0.05) is 17.7 Å². The fourth-order valence-electron chi connectivity index (χ4n) is 2.31. The summed E-state index contributed by atoms with van der Waals surface area (Å²) in [7, 11) is 0. The molecule has 1 amide bonds. The van der Waals surface area contributed by atoms with E-state index in [0.717, 1.165) is 36.9 Å². The van der Waals surface area contributed by atoms with Crippen LogP contribution >= 0.6 is 0 Å². The van der Waals surface area contributed by atoms with Gasteiger partial charge in [-0.25, -0.2) is 0 Å². The normalized spacial score (nSPS) is 14.6. The third-order valence-corrected chi connectivity index (χ3v) is 3.46. The number of aryl methyl sites for hydroxylation is 2. The smallest absolute Gasteiger partial charge is 0.254 e. The van der Waals surface area contributed by atoms with E-state index in [4.69, 9.17) is 5.73 Å². The van der Waals surface area contributed by atoms with Crippen molar-refractivity contribution in [3.63, 3.8) is 0 Å². The first kappa shape index (κ1) is 13.1. The molecule has 3 nitrogen and oxygen atoms in total. The van der Waals surface area contributed by atoms with E-state index in [2.05, 4.69) is 6.07 Å². The molecule has 1 fully saturated rings. The highest BCUT2D eigenvalue weighted by molar-refractivity contribution is 5.96. The van der Waals surface area contributed by atoms with Crippen LogP contribution in [-0.4, -0.2) is 29.9 Å². The highest BCUT2D eigenvalue weighted by Gasteiger charge is 2.32. The van der Waals surface area contributed by atoms with Crippen molar-refractivity contribution in [2.75, 3.05) is 13.1 Å². The third-order valence-electron chi connectivity index (χ3n) is 3.46. The maximum Gasteiger partial charge on any atom is 0.254 e. The lowest BCUT2D eigenvalue weighted by Gasteiger charge is -2.23. The van der Waals surface area contributed by atoms with Gasteiger partial charge in [0.2, 0.25) is 0 Å². The fourth-order valence-corrected chi connectivity index (χ4v) is 2.31. The zero-order valence-corrected chi connectivity index (χ0v) is 11.3. The molecule has 0 aliphatic heterocycles. The van der Waals surface area contributed by atoms with Crippen molar-refractivity contribution in [3.05, 3.63) is 34.9 Å². The lowest BCUT2D eigenvalue weighted by atomic mass is 10.0. The molecule has 98 valence electrons. The summed E-state index contributed by atoms with van der Waals surface area (Å²) < 4.78 is 0. The highest BCUT2D eigenvalue weighted by atomic mass is 16.2. The highest BCUT2D eigenvalue weighted by Crippen LogP contribution is 2.29. The third kappa shape index (κ3) is 2.91. The van der Waals surface area contributed by atoms with Crippen molar-refractivity contribution >= 4 is 5.91 Å². The summed E-state index contributed by atoms with van der Waals surface area (Å²) in [6.07, 6.45) is 3.16. The number of nitrogens with zero attached hydrogens (tertiary/aromatic N) is 1. The summed E-state index contributed by atoms with van der Waals surface area (Å²) in [5, 5.41) is 0. The Hall–Kier alpha value is -1.35. The lowest BCUT2D eigenvalue weighted by molar-refractivity contribution is 0.0741. The minimum Gasteiger partial charge on any atom is -0.336 e. The molecule has 0 radical (unpaired) electrons. The van der Waals surface area contributed by atoms with Crippen LogP contribution in [0.2, 0.25) is 0 Å². The summed E-state index contributed by atoms with van der Waals surface area (Å²) >= 11 is 0. The van der Waals surface area contributed by atoms with Crippen molar-refractivity contribution in [3.8, 4) is 0 Å². The van der Waals surface area contributed by atoms with E-state index in [1.54, 1.807) is 0 Å². The van der Waals surface area contributed by atoms with Gasteiger partial charge >= 0.3 is 0 Å². The molecule has 2 N–H and O–H groups in total. The minimum atomic E-state index is 0.170. The fraction of sp³-hybridized carbons (Fsp3) is 0.533. The van der Waals surface area contributed by atoms with Crippen molar-refractivity contribution in [2.45, 2.75) is 39.2 Å². The van der Waals surface area contributed by atoms with Gasteiger partial charge < -0.3 is 10.6 Å². The van der Waals surface area contributed by atoms with Crippen LogP contribution in [0.25, 0.3) is 0 Å². The second-order valence-electron chi connectivity index (χ2n) is 5.19. The zero-order chi connectivity index (χ0) is 13.1. The quantitative estimate of drug-likeness (QED) is 0.866. The number of hydrogen-bond acceptors (Lipinski definition) is 2. The first-order chi connectivity index (χ1) is 8.63. The van der Waals surface area contributed by atoms with Gasteiger partial charge in [0.05, 0.1) is 0 Å². The SMILES string of the molecule is Cc1ccc(C(=O)N(CCCN)C2CC2)c(C)c1. The van der Waals surface area contributed by atoms with Crippen molar-refractivity contribution in [1.82, 2.24) is 4.90 Å². The van der Waals surface area contributed by atoms with E-state index < -0.39 is 0 Å². The molecule has 1 saturated carbocycles. The van der Waals surface area contributed by atoms with Gasteiger partial charge in [0.15, 0.2) is 0 Å². The van der Waals surface area contributed by atoms with Crippen LogP contribution in [0.1, 0.15) is 40.7 Å². The predicted octanol–water partition coefficient (Wildman–Crippen LogP) is 2.26. The van der Waals surface area contributed by atoms with E-state index in [-0.39, 0.29) is 5.91 Å². The number of nitrogens with two attached hydrogens (primary N) is 1. The Bertz CT molecular complexity index is 438. The molecule has 18 heavy (non-hydrogen) atoms. The van der Waals surface area contributed by atoms with Gasteiger partial charge in [-0.3, -0.25) is 4.79 Å². The molecule has 0 aromatic heterocycles. The maximum absolute atomic E-state index is 12.5. The topological polar surface area (TPSA) is 46.3 Å². The van der Waals surface area contributed by atoms with Crippen LogP contribution in [-0.2, 0) is 0 Å². The molecule has 1 aromatic rings. The van der Waals surface area contributed by atoms with Gasteiger partial charge in [-0.05, 0) is 51.3 Å². The molecule has 3 heteroatoms. The predicted molar refractivity (Wildman–Crippen MR) is 73.6 cm³/mol.